The van der Waals surface area contributed by atoms with Gasteiger partial charge in [-0.3, -0.25) is 0 Å². The Morgan fingerprint density at radius 1 is 1.17 bits per heavy atom. The molecular formula is C8H6BI3. The average Bonchev–Trinajstić information content (AvgIpc) is 2.05. The van der Waals surface area contributed by atoms with Crippen molar-refractivity contribution in [3.8, 4) is 0 Å². The van der Waals surface area contributed by atoms with Crippen molar-refractivity contribution < 1.29 is 0 Å². The minimum Gasteiger partial charge on any atom is -0.127 e. The smallest absolute Gasteiger partial charge is 0.127 e. The van der Waals surface area contributed by atoms with E-state index in [-0.39, 0.29) is 0 Å². The fourth-order valence-electron chi connectivity index (χ4n) is 0.804. The number of hydrogen-bond acceptors (Lipinski definition) is 0. The molecule has 0 N–H and O–H groups in total. The van der Waals surface area contributed by atoms with E-state index in [1.165, 1.54) is 9.14 Å². The van der Waals surface area contributed by atoms with Gasteiger partial charge < -0.3 is 0 Å². The Balaban J connectivity index is 2.85. The van der Waals surface area contributed by atoms with Gasteiger partial charge in [0, 0.05) is 3.58 Å². The van der Waals surface area contributed by atoms with Crippen LogP contribution in [0.2, 0.25) is 0 Å². The first-order chi connectivity index (χ1) is 5.70. The zero-order valence-electron chi connectivity index (χ0n) is 6.18. The molecule has 0 radical (unpaired) electrons. The highest BCUT2D eigenvalue weighted by Crippen LogP contribution is 2.23. The Kier molecular flexibility index (Phi) is 5.50. The second-order valence-electron chi connectivity index (χ2n) is 2.22. The van der Waals surface area contributed by atoms with Crippen LogP contribution in [0.5, 0.6) is 0 Å². The lowest BCUT2D eigenvalue weighted by Gasteiger charge is -1.98. The Hall–Kier alpha value is 1.21. The molecular weight excluding hydrogens is 488 g/mol. The Bertz CT molecular complexity index is 269. The van der Waals surface area contributed by atoms with Gasteiger partial charge in [-0.05, 0) is 28.2 Å². The number of benzene rings is 1. The third kappa shape index (κ3) is 3.95. The SMILES string of the molecule is IB(I)/C=C(\I)c1ccccc1. The third-order valence-electron chi connectivity index (χ3n) is 1.32. The molecule has 0 heterocycles. The first-order valence-corrected chi connectivity index (χ1v) is 6.98. The van der Waals surface area contributed by atoms with E-state index in [1.807, 2.05) is 6.07 Å². The molecule has 0 atom stereocenters. The maximum atomic E-state index is 2.39. The van der Waals surface area contributed by atoms with Crippen LogP contribution >= 0.6 is 67.3 Å². The van der Waals surface area contributed by atoms with Gasteiger partial charge in [-0.25, -0.2) is 0 Å². The van der Waals surface area contributed by atoms with Crippen molar-refractivity contribution in [2.45, 2.75) is 0 Å². The van der Waals surface area contributed by atoms with E-state index in [1.54, 1.807) is 0 Å². The van der Waals surface area contributed by atoms with Gasteiger partial charge in [-0.1, -0.05) is 36.3 Å². The molecule has 1 aromatic rings. The van der Waals surface area contributed by atoms with Crippen LogP contribution in [0.3, 0.4) is 0 Å². The largest absolute Gasteiger partial charge is 0.314 e. The first-order valence-electron chi connectivity index (χ1n) is 3.41. The van der Waals surface area contributed by atoms with E-state index in [2.05, 4.69) is 97.6 Å². The van der Waals surface area contributed by atoms with Crippen LogP contribution in [0.15, 0.2) is 36.3 Å². The molecule has 0 bridgehead atoms. The van der Waals surface area contributed by atoms with Gasteiger partial charge in [-0.15, -0.1) is 44.7 Å². The normalized spacial score (nSPS) is 11.4. The van der Waals surface area contributed by atoms with Crippen LogP contribution in [0, 0.1) is 0 Å². The Morgan fingerprint density at radius 3 is 2.25 bits per heavy atom. The molecule has 0 fully saturated rings. The molecule has 0 spiro atoms. The van der Waals surface area contributed by atoms with Gasteiger partial charge in [0.15, 0.2) is 0 Å². The first kappa shape index (κ1) is 11.3. The Morgan fingerprint density at radius 2 is 1.75 bits per heavy atom. The molecule has 0 saturated heterocycles. The standard InChI is InChI=1S/C8H6BI3/c10-8(6-9(11)12)7-4-2-1-3-5-7/h1-6H/b8-6-. The zero-order valence-corrected chi connectivity index (χ0v) is 12.6. The number of rotatable bonds is 2. The van der Waals surface area contributed by atoms with Gasteiger partial charge >= 0.3 is 2.43 Å². The van der Waals surface area contributed by atoms with E-state index in [0.29, 0.717) is 2.43 Å². The summed E-state index contributed by atoms with van der Waals surface area (Å²) in [5.41, 5.74) is 1.30. The fourth-order valence-corrected chi connectivity index (χ4v) is 3.62. The third-order valence-corrected chi connectivity index (χ3v) is 3.02. The van der Waals surface area contributed by atoms with Gasteiger partial charge in [-0.2, -0.15) is 0 Å². The topological polar surface area (TPSA) is 0 Å². The summed E-state index contributed by atoms with van der Waals surface area (Å²) in [7, 11) is 0. The predicted molar refractivity (Wildman–Crippen MR) is 82.2 cm³/mol. The molecule has 62 valence electrons. The lowest BCUT2D eigenvalue weighted by molar-refractivity contribution is 1.66. The quantitative estimate of drug-likeness (QED) is 0.424. The van der Waals surface area contributed by atoms with Gasteiger partial charge in [0.1, 0.15) is 0 Å². The number of hydrogen-bond donors (Lipinski definition) is 0. The minimum atomic E-state index is 0.562. The van der Waals surface area contributed by atoms with Crippen molar-refractivity contribution in [2.24, 2.45) is 0 Å². The molecule has 12 heavy (non-hydrogen) atoms. The molecule has 0 saturated carbocycles. The molecule has 1 aromatic carbocycles. The zero-order chi connectivity index (χ0) is 8.97. The van der Waals surface area contributed by atoms with E-state index in [4.69, 9.17) is 0 Å². The monoisotopic (exact) mass is 494 g/mol. The molecule has 0 unspecified atom stereocenters. The van der Waals surface area contributed by atoms with Crippen molar-refractivity contribution in [1.82, 2.24) is 0 Å². The molecule has 0 aliphatic heterocycles. The lowest BCUT2D eigenvalue weighted by Crippen LogP contribution is -1.84. The van der Waals surface area contributed by atoms with Crippen molar-refractivity contribution in [2.75, 3.05) is 0 Å². The number of halogens is 3. The molecule has 4 heteroatoms. The summed E-state index contributed by atoms with van der Waals surface area (Å²) >= 11 is 7.15. The molecule has 0 nitrogen and oxygen atoms in total. The van der Waals surface area contributed by atoms with Gasteiger partial charge in [0.2, 0.25) is 0 Å². The fraction of sp³-hybridized carbons (Fsp3) is 0. The van der Waals surface area contributed by atoms with Crippen molar-refractivity contribution >= 4 is 73.3 Å². The molecule has 0 aromatic heterocycles. The predicted octanol–water partition coefficient (Wildman–Crippen LogP) is 4.36. The summed E-state index contributed by atoms with van der Waals surface area (Å²) in [5.74, 6) is 2.25. The average molecular weight is 494 g/mol. The lowest BCUT2D eigenvalue weighted by atomic mass is 10.1. The summed E-state index contributed by atoms with van der Waals surface area (Å²) in [6.07, 6.45) is 0. The van der Waals surface area contributed by atoms with Crippen molar-refractivity contribution in [1.29, 1.82) is 0 Å². The highest BCUT2D eigenvalue weighted by atomic mass is 127. The highest BCUT2D eigenvalue weighted by molar-refractivity contribution is 14.3. The molecule has 1 rings (SSSR count). The van der Waals surface area contributed by atoms with Crippen molar-refractivity contribution in [3.63, 3.8) is 0 Å². The van der Waals surface area contributed by atoms with Crippen molar-refractivity contribution in [3.05, 3.63) is 41.9 Å². The van der Waals surface area contributed by atoms with E-state index in [0.717, 1.165) is 0 Å². The summed E-state index contributed by atoms with van der Waals surface area (Å²) in [4.78, 5) is 0. The Labute approximate surface area is 114 Å². The van der Waals surface area contributed by atoms with Crippen LogP contribution in [-0.2, 0) is 0 Å². The molecule has 0 aliphatic rings. The summed E-state index contributed by atoms with van der Waals surface area (Å²) in [6.45, 7) is 0. The second-order valence-corrected chi connectivity index (χ2v) is 8.44. The summed E-state index contributed by atoms with van der Waals surface area (Å²) in [5, 5.41) is 0. The molecule has 0 aliphatic carbocycles. The summed E-state index contributed by atoms with van der Waals surface area (Å²) < 4.78 is 1.88. The van der Waals surface area contributed by atoms with Crippen LogP contribution in [-0.4, -0.2) is 2.43 Å². The van der Waals surface area contributed by atoms with E-state index in [9.17, 15) is 0 Å². The molecule has 0 amide bonds. The van der Waals surface area contributed by atoms with Crippen LogP contribution in [0.4, 0.5) is 0 Å². The highest BCUT2D eigenvalue weighted by Gasteiger charge is 2.01. The van der Waals surface area contributed by atoms with Crippen LogP contribution in [0.25, 0.3) is 3.58 Å². The maximum absolute atomic E-state index is 2.39. The van der Waals surface area contributed by atoms with Crippen LogP contribution in [0.1, 0.15) is 5.56 Å². The minimum absolute atomic E-state index is 0.562. The van der Waals surface area contributed by atoms with E-state index < -0.39 is 0 Å². The second kappa shape index (κ2) is 5.84. The maximum Gasteiger partial charge on any atom is 0.314 e. The van der Waals surface area contributed by atoms with Crippen LogP contribution < -0.4 is 0 Å². The van der Waals surface area contributed by atoms with E-state index >= 15 is 0 Å². The van der Waals surface area contributed by atoms with Gasteiger partial charge in [0.25, 0.3) is 0 Å². The van der Waals surface area contributed by atoms with Gasteiger partial charge in [0.05, 0.1) is 0 Å². The summed E-state index contributed by atoms with van der Waals surface area (Å²) in [6, 6.07) is 10.4.